The van der Waals surface area contributed by atoms with Crippen molar-refractivity contribution in [3.8, 4) is 11.5 Å². The van der Waals surface area contributed by atoms with E-state index in [2.05, 4.69) is 20.4 Å². The molecule has 1 saturated heterocycles. The summed E-state index contributed by atoms with van der Waals surface area (Å²) in [5.41, 5.74) is 0.932. The van der Waals surface area contributed by atoms with Crippen molar-refractivity contribution < 1.29 is 9.21 Å². The van der Waals surface area contributed by atoms with Crippen LogP contribution in [0, 0.1) is 0 Å². The van der Waals surface area contributed by atoms with E-state index < -0.39 is 0 Å². The largest absolute Gasteiger partial charge is 0.421 e. The lowest BCUT2D eigenvalue weighted by Crippen LogP contribution is -2.30. The van der Waals surface area contributed by atoms with E-state index in [1.54, 1.807) is 11.3 Å². The lowest BCUT2D eigenvalue weighted by atomic mass is 10.2. The first-order valence-electron chi connectivity index (χ1n) is 9.15. The van der Waals surface area contributed by atoms with Crippen LogP contribution in [0.4, 0.5) is 0 Å². The number of aryl methyl sites for hydroxylation is 1. The SMILES string of the molecule is O=C(CCc1nnc(-c2ccsc2)o1)NCCCN1CCCCCC1. The molecule has 0 atom stereocenters. The second kappa shape index (κ2) is 9.68. The standard InChI is InChI=1S/C18H26N4O2S/c23-16(19-9-5-12-22-10-3-1-2-4-11-22)6-7-17-20-21-18(24-17)15-8-13-25-14-15/h8,13-14H,1-7,9-12H2,(H,19,23). The monoisotopic (exact) mass is 362 g/mol. The van der Waals surface area contributed by atoms with Gasteiger partial charge in [0.25, 0.3) is 0 Å². The average molecular weight is 362 g/mol. The van der Waals surface area contributed by atoms with Gasteiger partial charge in [-0.3, -0.25) is 4.79 Å². The first-order valence-corrected chi connectivity index (χ1v) is 10.1. The molecule has 1 fully saturated rings. The summed E-state index contributed by atoms with van der Waals surface area (Å²) in [6, 6.07) is 1.94. The second-order valence-electron chi connectivity index (χ2n) is 6.47. The summed E-state index contributed by atoms with van der Waals surface area (Å²) in [6.45, 7) is 4.22. The first kappa shape index (κ1) is 18.1. The molecule has 0 bridgehead atoms. The minimum atomic E-state index is 0.0474. The van der Waals surface area contributed by atoms with Crippen molar-refractivity contribution in [2.45, 2.75) is 44.9 Å². The van der Waals surface area contributed by atoms with E-state index in [4.69, 9.17) is 4.42 Å². The van der Waals surface area contributed by atoms with Crippen LogP contribution in [-0.2, 0) is 11.2 Å². The zero-order chi connectivity index (χ0) is 17.3. The van der Waals surface area contributed by atoms with Crippen molar-refractivity contribution in [2.24, 2.45) is 0 Å². The summed E-state index contributed by atoms with van der Waals surface area (Å²) in [5.74, 6) is 1.08. The van der Waals surface area contributed by atoms with Crippen molar-refractivity contribution in [2.75, 3.05) is 26.2 Å². The van der Waals surface area contributed by atoms with Gasteiger partial charge in [0.15, 0.2) is 0 Å². The fourth-order valence-corrected chi connectivity index (χ4v) is 3.69. The van der Waals surface area contributed by atoms with Crippen LogP contribution in [0.25, 0.3) is 11.5 Å². The molecule has 2 aromatic rings. The topological polar surface area (TPSA) is 71.3 Å². The van der Waals surface area contributed by atoms with Gasteiger partial charge in [-0.25, -0.2) is 0 Å². The van der Waals surface area contributed by atoms with E-state index in [1.165, 1.54) is 38.8 Å². The maximum atomic E-state index is 11.9. The number of aromatic nitrogens is 2. The fraction of sp³-hybridized carbons (Fsp3) is 0.611. The van der Waals surface area contributed by atoms with Crippen molar-refractivity contribution in [1.82, 2.24) is 20.4 Å². The number of likely N-dealkylation sites (tertiary alicyclic amines) is 1. The van der Waals surface area contributed by atoms with Gasteiger partial charge in [0.2, 0.25) is 17.7 Å². The number of rotatable bonds is 8. The lowest BCUT2D eigenvalue weighted by Gasteiger charge is -2.19. The lowest BCUT2D eigenvalue weighted by molar-refractivity contribution is -0.121. The number of hydrogen-bond acceptors (Lipinski definition) is 6. The van der Waals surface area contributed by atoms with Gasteiger partial charge < -0.3 is 14.6 Å². The molecule has 3 heterocycles. The number of carbonyl (C=O) groups excluding carboxylic acids is 1. The smallest absolute Gasteiger partial charge is 0.248 e. The summed E-state index contributed by atoms with van der Waals surface area (Å²) in [4.78, 5) is 14.5. The molecule has 0 aliphatic carbocycles. The highest BCUT2D eigenvalue weighted by Gasteiger charge is 2.11. The van der Waals surface area contributed by atoms with Crippen LogP contribution in [0.15, 0.2) is 21.2 Å². The minimum absolute atomic E-state index is 0.0474. The van der Waals surface area contributed by atoms with Gasteiger partial charge in [0, 0.05) is 30.3 Å². The molecule has 136 valence electrons. The average Bonchev–Trinajstić information content (AvgIpc) is 3.24. The van der Waals surface area contributed by atoms with E-state index in [-0.39, 0.29) is 5.91 Å². The summed E-state index contributed by atoms with van der Waals surface area (Å²) in [7, 11) is 0. The molecular weight excluding hydrogens is 336 g/mol. The highest BCUT2D eigenvalue weighted by atomic mass is 32.1. The molecule has 0 unspecified atom stereocenters. The zero-order valence-corrected chi connectivity index (χ0v) is 15.4. The molecule has 0 aromatic carbocycles. The van der Waals surface area contributed by atoms with Crippen molar-refractivity contribution in [3.05, 3.63) is 22.7 Å². The molecule has 25 heavy (non-hydrogen) atoms. The van der Waals surface area contributed by atoms with E-state index in [0.29, 0.717) is 24.6 Å². The van der Waals surface area contributed by atoms with Gasteiger partial charge in [-0.05, 0) is 50.3 Å². The van der Waals surface area contributed by atoms with Crippen LogP contribution in [0.2, 0.25) is 0 Å². The van der Waals surface area contributed by atoms with Crippen LogP contribution >= 0.6 is 11.3 Å². The highest BCUT2D eigenvalue weighted by molar-refractivity contribution is 7.08. The summed E-state index contributed by atoms with van der Waals surface area (Å²) in [6.07, 6.45) is 7.21. The molecule has 1 N–H and O–H groups in total. The number of nitrogens with one attached hydrogen (secondary N) is 1. The Labute approximate surface area is 152 Å². The van der Waals surface area contributed by atoms with Crippen molar-refractivity contribution in [3.63, 3.8) is 0 Å². The van der Waals surface area contributed by atoms with Crippen LogP contribution in [0.5, 0.6) is 0 Å². The Morgan fingerprint density at radius 3 is 2.84 bits per heavy atom. The minimum Gasteiger partial charge on any atom is -0.421 e. The van der Waals surface area contributed by atoms with Gasteiger partial charge in [-0.2, -0.15) is 11.3 Å². The first-order chi connectivity index (χ1) is 12.3. The molecule has 2 aromatic heterocycles. The maximum Gasteiger partial charge on any atom is 0.248 e. The summed E-state index contributed by atoms with van der Waals surface area (Å²) < 4.78 is 5.59. The predicted octanol–water partition coefficient (Wildman–Crippen LogP) is 3.11. The van der Waals surface area contributed by atoms with Gasteiger partial charge in [-0.15, -0.1) is 10.2 Å². The van der Waals surface area contributed by atoms with Gasteiger partial charge in [0.1, 0.15) is 0 Å². The number of thiophene rings is 1. The van der Waals surface area contributed by atoms with E-state index in [9.17, 15) is 4.79 Å². The highest BCUT2D eigenvalue weighted by Crippen LogP contribution is 2.20. The Morgan fingerprint density at radius 1 is 1.24 bits per heavy atom. The molecule has 0 spiro atoms. The quantitative estimate of drug-likeness (QED) is 0.731. The molecule has 1 amide bonds. The maximum absolute atomic E-state index is 11.9. The normalized spacial score (nSPS) is 15.8. The van der Waals surface area contributed by atoms with Crippen molar-refractivity contribution in [1.29, 1.82) is 0 Å². The van der Waals surface area contributed by atoms with Gasteiger partial charge >= 0.3 is 0 Å². The molecule has 6 nitrogen and oxygen atoms in total. The summed E-state index contributed by atoms with van der Waals surface area (Å²) in [5, 5.41) is 15.0. The van der Waals surface area contributed by atoms with E-state index in [0.717, 1.165) is 25.1 Å². The number of amides is 1. The molecular formula is C18H26N4O2S. The van der Waals surface area contributed by atoms with Crippen LogP contribution in [-0.4, -0.2) is 47.2 Å². The van der Waals surface area contributed by atoms with Gasteiger partial charge in [0.05, 0.1) is 0 Å². The Balaban J connectivity index is 1.30. The third-order valence-electron chi connectivity index (χ3n) is 4.47. The Bertz CT molecular complexity index is 633. The molecule has 1 aliphatic rings. The molecule has 0 radical (unpaired) electrons. The van der Waals surface area contributed by atoms with Crippen LogP contribution in [0.1, 0.15) is 44.4 Å². The Kier molecular flexibility index (Phi) is 6.99. The summed E-state index contributed by atoms with van der Waals surface area (Å²) >= 11 is 1.59. The molecule has 0 saturated carbocycles. The van der Waals surface area contributed by atoms with Crippen molar-refractivity contribution >= 4 is 17.2 Å². The number of carbonyl (C=O) groups is 1. The molecule has 1 aliphatic heterocycles. The van der Waals surface area contributed by atoms with Crippen LogP contribution < -0.4 is 5.32 Å². The fourth-order valence-electron chi connectivity index (χ4n) is 3.06. The van der Waals surface area contributed by atoms with Crippen LogP contribution in [0.3, 0.4) is 0 Å². The molecule has 3 rings (SSSR count). The number of hydrogen-bond donors (Lipinski definition) is 1. The predicted molar refractivity (Wildman–Crippen MR) is 98.5 cm³/mol. The second-order valence-corrected chi connectivity index (χ2v) is 7.25. The van der Waals surface area contributed by atoms with E-state index >= 15 is 0 Å². The Hall–Kier alpha value is -1.73. The van der Waals surface area contributed by atoms with Gasteiger partial charge in [-0.1, -0.05) is 12.8 Å². The third kappa shape index (κ3) is 5.93. The van der Waals surface area contributed by atoms with E-state index in [1.807, 2.05) is 16.8 Å². The Morgan fingerprint density at radius 2 is 2.08 bits per heavy atom. The number of nitrogens with zero attached hydrogens (tertiary/aromatic N) is 3. The third-order valence-corrected chi connectivity index (χ3v) is 5.16. The molecule has 7 heteroatoms. The zero-order valence-electron chi connectivity index (χ0n) is 14.6.